The summed E-state index contributed by atoms with van der Waals surface area (Å²) < 4.78 is 0. The van der Waals surface area contributed by atoms with E-state index in [1.54, 1.807) is 16.7 Å². The van der Waals surface area contributed by atoms with Gasteiger partial charge < -0.3 is 0 Å². The molecule has 0 spiro atoms. The van der Waals surface area contributed by atoms with Crippen molar-refractivity contribution in [3.63, 3.8) is 0 Å². The van der Waals surface area contributed by atoms with Crippen LogP contribution in [0.1, 0.15) is 86.4 Å². The highest BCUT2D eigenvalue weighted by Crippen LogP contribution is 2.43. The summed E-state index contributed by atoms with van der Waals surface area (Å²) in [4.78, 5) is 5.04. The molecule has 2 unspecified atom stereocenters. The Labute approximate surface area is 105 Å². The van der Waals surface area contributed by atoms with E-state index >= 15 is 0 Å². The molecule has 1 nitrogen and oxygen atoms in total. The largest absolute Gasteiger partial charge is 0.257 e. The van der Waals surface area contributed by atoms with E-state index in [9.17, 15) is 0 Å². The quantitative estimate of drug-likeness (QED) is 0.699. The van der Waals surface area contributed by atoms with Crippen LogP contribution in [-0.4, -0.2) is 4.98 Å². The van der Waals surface area contributed by atoms with Crippen LogP contribution in [0.15, 0.2) is 0 Å². The Hall–Kier alpha value is -0.850. The summed E-state index contributed by atoms with van der Waals surface area (Å²) in [6.07, 6.45) is 5.13. The molecular weight excluding hydrogens is 206 g/mol. The molecule has 0 radical (unpaired) electrons. The number of nitrogens with zero attached hydrogens (tertiary/aromatic N) is 1. The molecule has 17 heavy (non-hydrogen) atoms. The molecule has 92 valence electrons. The first-order valence-electron chi connectivity index (χ1n) is 7.15. The van der Waals surface area contributed by atoms with E-state index in [0.29, 0.717) is 17.8 Å². The average molecular weight is 229 g/mol. The lowest BCUT2D eigenvalue weighted by atomic mass is 9.90. The van der Waals surface area contributed by atoms with Crippen molar-refractivity contribution in [2.45, 2.75) is 71.1 Å². The zero-order chi connectivity index (χ0) is 12.2. The lowest BCUT2D eigenvalue weighted by Gasteiger charge is -2.18. The monoisotopic (exact) mass is 229 g/mol. The summed E-state index contributed by atoms with van der Waals surface area (Å²) in [5.74, 6) is 2.03. The third-order valence-electron chi connectivity index (χ3n) is 4.68. The highest BCUT2D eigenvalue weighted by atomic mass is 14.8. The second-order valence-corrected chi connectivity index (χ2v) is 6.29. The minimum absolute atomic E-state index is 0.663. The first-order chi connectivity index (χ1) is 8.09. The molecule has 0 aromatic carbocycles. The van der Waals surface area contributed by atoms with Gasteiger partial charge in [-0.25, -0.2) is 0 Å². The Morgan fingerprint density at radius 1 is 0.941 bits per heavy atom. The number of hydrogen-bond acceptors (Lipinski definition) is 1. The first kappa shape index (κ1) is 11.3. The normalized spacial score (nSPS) is 26.4. The van der Waals surface area contributed by atoms with Crippen molar-refractivity contribution in [2.24, 2.45) is 0 Å². The van der Waals surface area contributed by atoms with Gasteiger partial charge in [-0.05, 0) is 60.1 Å². The minimum atomic E-state index is 0.663. The molecule has 0 N–H and O–H groups in total. The van der Waals surface area contributed by atoms with Crippen molar-refractivity contribution in [1.82, 2.24) is 4.98 Å². The maximum atomic E-state index is 5.04. The van der Waals surface area contributed by atoms with Gasteiger partial charge >= 0.3 is 0 Å². The molecule has 0 fully saturated rings. The zero-order valence-electron chi connectivity index (χ0n) is 11.5. The van der Waals surface area contributed by atoms with Gasteiger partial charge in [0.15, 0.2) is 0 Å². The SMILES string of the molecule is CC(C)c1c2c(nc3c1CCC3C)C(C)CC2. The second kappa shape index (κ2) is 3.83. The molecule has 3 rings (SSSR count). The van der Waals surface area contributed by atoms with E-state index in [2.05, 4.69) is 27.7 Å². The van der Waals surface area contributed by atoms with Crippen molar-refractivity contribution in [2.75, 3.05) is 0 Å². The van der Waals surface area contributed by atoms with Crippen molar-refractivity contribution < 1.29 is 0 Å². The Morgan fingerprint density at radius 3 is 1.82 bits per heavy atom. The van der Waals surface area contributed by atoms with Crippen molar-refractivity contribution in [1.29, 1.82) is 0 Å². The standard InChI is InChI=1S/C16H23N/c1-9(2)14-12-7-5-10(3)15(12)17-16-11(4)6-8-13(14)16/h9-11H,5-8H2,1-4H3. The van der Waals surface area contributed by atoms with Crippen LogP contribution in [0.4, 0.5) is 0 Å². The Morgan fingerprint density at radius 2 is 1.41 bits per heavy atom. The number of rotatable bonds is 1. The zero-order valence-corrected chi connectivity index (χ0v) is 11.5. The van der Waals surface area contributed by atoms with Crippen molar-refractivity contribution in [3.8, 4) is 0 Å². The lowest BCUT2D eigenvalue weighted by molar-refractivity contribution is 0.702. The van der Waals surface area contributed by atoms with Crippen LogP contribution in [0.5, 0.6) is 0 Å². The summed E-state index contributed by atoms with van der Waals surface area (Å²) in [5.41, 5.74) is 7.75. The smallest absolute Gasteiger partial charge is 0.0470 e. The Balaban J connectivity index is 2.26. The third-order valence-corrected chi connectivity index (χ3v) is 4.68. The van der Waals surface area contributed by atoms with Crippen LogP contribution in [-0.2, 0) is 12.8 Å². The van der Waals surface area contributed by atoms with Gasteiger partial charge in [0.25, 0.3) is 0 Å². The van der Waals surface area contributed by atoms with Crippen LogP contribution < -0.4 is 0 Å². The molecule has 2 aliphatic carbocycles. The fraction of sp³-hybridized carbons (Fsp3) is 0.688. The van der Waals surface area contributed by atoms with Crippen LogP contribution in [0.3, 0.4) is 0 Å². The van der Waals surface area contributed by atoms with E-state index in [1.165, 1.54) is 37.1 Å². The topological polar surface area (TPSA) is 12.9 Å². The fourth-order valence-electron chi connectivity index (χ4n) is 3.76. The van der Waals surface area contributed by atoms with Crippen LogP contribution in [0, 0.1) is 0 Å². The highest BCUT2D eigenvalue weighted by Gasteiger charge is 2.32. The summed E-state index contributed by atoms with van der Waals surface area (Å²) >= 11 is 0. The lowest BCUT2D eigenvalue weighted by Crippen LogP contribution is -2.07. The molecule has 0 bridgehead atoms. The predicted octanol–water partition coefficient (Wildman–Crippen LogP) is 4.30. The maximum Gasteiger partial charge on any atom is 0.0470 e. The summed E-state index contributed by atoms with van der Waals surface area (Å²) in [6.45, 7) is 9.38. The van der Waals surface area contributed by atoms with Gasteiger partial charge in [-0.15, -0.1) is 0 Å². The molecule has 2 atom stereocenters. The van der Waals surface area contributed by atoms with Gasteiger partial charge in [0.1, 0.15) is 0 Å². The van der Waals surface area contributed by atoms with Gasteiger partial charge in [0, 0.05) is 11.4 Å². The molecular formula is C16H23N. The van der Waals surface area contributed by atoms with E-state index in [0.717, 1.165) is 0 Å². The van der Waals surface area contributed by atoms with Crippen molar-refractivity contribution >= 4 is 0 Å². The van der Waals surface area contributed by atoms with Crippen molar-refractivity contribution in [3.05, 3.63) is 28.1 Å². The van der Waals surface area contributed by atoms with E-state index in [1.807, 2.05) is 0 Å². The summed E-state index contributed by atoms with van der Waals surface area (Å²) in [5, 5.41) is 0. The number of fused-ring (bicyclic) bond motifs is 2. The Kier molecular flexibility index (Phi) is 2.53. The molecule has 0 saturated heterocycles. The Bertz CT molecular complexity index is 423. The van der Waals surface area contributed by atoms with Gasteiger partial charge in [0.2, 0.25) is 0 Å². The molecule has 2 aliphatic rings. The molecule has 0 aliphatic heterocycles. The van der Waals surface area contributed by atoms with E-state index < -0.39 is 0 Å². The van der Waals surface area contributed by atoms with Gasteiger partial charge in [-0.3, -0.25) is 4.98 Å². The minimum Gasteiger partial charge on any atom is -0.257 e. The number of hydrogen-bond donors (Lipinski definition) is 0. The number of pyridine rings is 1. The molecule has 1 aromatic heterocycles. The third kappa shape index (κ3) is 1.55. The van der Waals surface area contributed by atoms with E-state index in [-0.39, 0.29) is 0 Å². The highest BCUT2D eigenvalue weighted by molar-refractivity contribution is 5.48. The van der Waals surface area contributed by atoms with Crippen LogP contribution in [0.25, 0.3) is 0 Å². The number of aromatic nitrogens is 1. The summed E-state index contributed by atoms with van der Waals surface area (Å²) in [6, 6.07) is 0. The molecule has 0 saturated carbocycles. The fourth-order valence-corrected chi connectivity index (χ4v) is 3.76. The summed E-state index contributed by atoms with van der Waals surface area (Å²) in [7, 11) is 0. The first-order valence-corrected chi connectivity index (χ1v) is 7.15. The second-order valence-electron chi connectivity index (χ2n) is 6.29. The van der Waals surface area contributed by atoms with Gasteiger partial charge in [-0.1, -0.05) is 27.7 Å². The molecule has 1 heterocycles. The molecule has 1 heteroatoms. The average Bonchev–Trinajstić information content (AvgIpc) is 2.82. The molecule has 1 aromatic rings. The van der Waals surface area contributed by atoms with Crippen LogP contribution >= 0.6 is 0 Å². The molecule has 0 amide bonds. The predicted molar refractivity (Wildman–Crippen MR) is 71.8 cm³/mol. The van der Waals surface area contributed by atoms with Crippen LogP contribution in [0.2, 0.25) is 0 Å². The van der Waals surface area contributed by atoms with Gasteiger partial charge in [0.05, 0.1) is 0 Å². The maximum absolute atomic E-state index is 5.04. The van der Waals surface area contributed by atoms with E-state index in [4.69, 9.17) is 4.98 Å². The van der Waals surface area contributed by atoms with Gasteiger partial charge in [-0.2, -0.15) is 0 Å².